The maximum Gasteiger partial charge on any atom is 0.147 e. The fourth-order valence-corrected chi connectivity index (χ4v) is 3.70. The number of halogens is 1. The molecule has 0 bridgehead atoms. The Morgan fingerprint density at radius 3 is 2.45 bits per heavy atom. The molecule has 20 heavy (non-hydrogen) atoms. The predicted molar refractivity (Wildman–Crippen MR) is 84.3 cm³/mol. The lowest BCUT2D eigenvalue weighted by molar-refractivity contribution is 0.141. The van der Waals surface area contributed by atoms with Crippen molar-refractivity contribution < 1.29 is 0 Å². The molecule has 2 aliphatic rings. The molecule has 1 aromatic heterocycles. The average Bonchev–Trinajstić information content (AvgIpc) is 2.48. The van der Waals surface area contributed by atoms with Gasteiger partial charge in [-0.25, -0.2) is 4.98 Å². The highest BCUT2D eigenvalue weighted by atomic mass is 35.5. The summed E-state index contributed by atoms with van der Waals surface area (Å²) in [5, 5.41) is 0.668. The molecule has 0 aromatic carbocycles. The molecule has 3 heterocycles. The van der Waals surface area contributed by atoms with E-state index in [4.69, 9.17) is 17.3 Å². The van der Waals surface area contributed by atoms with E-state index in [1.165, 1.54) is 45.2 Å². The van der Waals surface area contributed by atoms with Crippen LogP contribution in [0.5, 0.6) is 0 Å². The van der Waals surface area contributed by atoms with Gasteiger partial charge in [-0.15, -0.1) is 0 Å². The van der Waals surface area contributed by atoms with E-state index in [-0.39, 0.29) is 0 Å². The zero-order valence-corrected chi connectivity index (χ0v) is 12.6. The van der Waals surface area contributed by atoms with Crippen LogP contribution < -0.4 is 10.6 Å². The van der Waals surface area contributed by atoms with E-state index in [2.05, 4.69) is 14.8 Å². The molecular formula is C15H23ClN4. The number of anilines is 2. The second-order valence-electron chi connectivity index (χ2n) is 5.89. The van der Waals surface area contributed by atoms with E-state index in [1.807, 2.05) is 0 Å². The van der Waals surface area contributed by atoms with Gasteiger partial charge in [-0.1, -0.05) is 18.0 Å². The van der Waals surface area contributed by atoms with Gasteiger partial charge in [0.2, 0.25) is 0 Å². The van der Waals surface area contributed by atoms with E-state index in [0.717, 1.165) is 24.9 Å². The van der Waals surface area contributed by atoms with Gasteiger partial charge in [0.25, 0.3) is 0 Å². The van der Waals surface area contributed by atoms with Crippen molar-refractivity contribution in [2.24, 2.45) is 0 Å². The number of aromatic nitrogens is 1. The van der Waals surface area contributed by atoms with Gasteiger partial charge < -0.3 is 15.5 Å². The van der Waals surface area contributed by atoms with Crippen LogP contribution in [0.15, 0.2) is 12.3 Å². The van der Waals surface area contributed by atoms with E-state index >= 15 is 0 Å². The van der Waals surface area contributed by atoms with Gasteiger partial charge in [-0.2, -0.15) is 0 Å². The molecule has 5 heteroatoms. The molecule has 0 unspecified atom stereocenters. The summed E-state index contributed by atoms with van der Waals surface area (Å²) in [6, 6.07) is 2.54. The molecule has 2 fully saturated rings. The summed E-state index contributed by atoms with van der Waals surface area (Å²) in [5.74, 6) is 0.887. The molecule has 0 spiro atoms. The third-order valence-electron chi connectivity index (χ3n) is 4.51. The topological polar surface area (TPSA) is 45.4 Å². The quantitative estimate of drug-likeness (QED) is 0.911. The van der Waals surface area contributed by atoms with Gasteiger partial charge in [0.05, 0.1) is 16.9 Å². The van der Waals surface area contributed by atoms with Crippen LogP contribution in [-0.2, 0) is 0 Å². The second kappa shape index (κ2) is 6.19. The first-order valence-electron chi connectivity index (χ1n) is 7.64. The molecule has 110 valence electrons. The summed E-state index contributed by atoms with van der Waals surface area (Å²) in [7, 11) is 0. The molecule has 0 radical (unpaired) electrons. The lowest BCUT2D eigenvalue weighted by atomic mass is 10.00. The molecule has 2 saturated heterocycles. The standard InChI is InChI=1S/C15H23ClN4/c16-14-10-12(17)11-18-15(14)20-8-4-13(5-9-20)19-6-2-1-3-7-19/h10-11,13H,1-9,17H2. The summed E-state index contributed by atoms with van der Waals surface area (Å²) in [6.45, 7) is 4.65. The molecule has 0 amide bonds. The minimum atomic E-state index is 0.627. The van der Waals surface area contributed by atoms with Crippen molar-refractivity contribution in [3.63, 3.8) is 0 Å². The average molecular weight is 295 g/mol. The Balaban J connectivity index is 1.60. The predicted octanol–water partition coefficient (Wildman–Crippen LogP) is 2.77. The molecule has 1 aromatic rings. The Morgan fingerprint density at radius 1 is 1.10 bits per heavy atom. The highest BCUT2D eigenvalue weighted by Gasteiger charge is 2.26. The van der Waals surface area contributed by atoms with Crippen LogP contribution in [0.4, 0.5) is 11.5 Å². The molecule has 0 aliphatic carbocycles. The highest BCUT2D eigenvalue weighted by Crippen LogP contribution is 2.29. The number of likely N-dealkylation sites (tertiary alicyclic amines) is 1. The zero-order chi connectivity index (χ0) is 13.9. The van der Waals surface area contributed by atoms with Crippen LogP contribution in [0.25, 0.3) is 0 Å². The molecular weight excluding hydrogens is 272 g/mol. The maximum absolute atomic E-state index is 6.25. The summed E-state index contributed by atoms with van der Waals surface area (Å²) in [4.78, 5) is 9.37. The van der Waals surface area contributed by atoms with Crippen molar-refractivity contribution in [3.8, 4) is 0 Å². The van der Waals surface area contributed by atoms with E-state index in [1.54, 1.807) is 12.3 Å². The van der Waals surface area contributed by atoms with E-state index < -0.39 is 0 Å². The fourth-order valence-electron chi connectivity index (χ4n) is 3.40. The number of nitrogen functional groups attached to an aromatic ring is 1. The number of rotatable bonds is 2. The maximum atomic E-state index is 6.25. The van der Waals surface area contributed by atoms with E-state index in [9.17, 15) is 0 Å². The number of hydrogen-bond donors (Lipinski definition) is 1. The Kier molecular flexibility index (Phi) is 4.32. The summed E-state index contributed by atoms with van der Waals surface area (Å²) < 4.78 is 0. The Morgan fingerprint density at radius 2 is 1.80 bits per heavy atom. The Bertz CT molecular complexity index is 451. The summed E-state index contributed by atoms with van der Waals surface area (Å²) in [5.41, 5.74) is 6.33. The molecule has 3 rings (SSSR count). The van der Waals surface area contributed by atoms with Crippen LogP contribution in [-0.4, -0.2) is 42.1 Å². The van der Waals surface area contributed by atoms with Crippen LogP contribution in [0.2, 0.25) is 5.02 Å². The second-order valence-corrected chi connectivity index (χ2v) is 6.30. The first-order chi connectivity index (χ1) is 9.74. The van der Waals surface area contributed by atoms with Gasteiger partial charge in [-0.3, -0.25) is 0 Å². The van der Waals surface area contributed by atoms with Crippen molar-refractivity contribution in [2.75, 3.05) is 36.8 Å². The first kappa shape index (κ1) is 14.0. The van der Waals surface area contributed by atoms with Gasteiger partial charge in [0.1, 0.15) is 5.82 Å². The van der Waals surface area contributed by atoms with Gasteiger partial charge in [-0.05, 0) is 44.8 Å². The first-order valence-corrected chi connectivity index (χ1v) is 8.02. The molecule has 2 N–H and O–H groups in total. The molecule has 2 aliphatic heterocycles. The van der Waals surface area contributed by atoms with Crippen molar-refractivity contribution in [1.29, 1.82) is 0 Å². The molecule has 0 atom stereocenters. The minimum absolute atomic E-state index is 0.627. The van der Waals surface area contributed by atoms with Crippen LogP contribution in [0, 0.1) is 0 Å². The fraction of sp³-hybridized carbons (Fsp3) is 0.667. The van der Waals surface area contributed by atoms with Crippen LogP contribution in [0.3, 0.4) is 0 Å². The highest BCUT2D eigenvalue weighted by molar-refractivity contribution is 6.33. The number of hydrogen-bond acceptors (Lipinski definition) is 4. The third kappa shape index (κ3) is 3.01. The number of piperidine rings is 2. The van der Waals surface area contributed by atoms with Crippen LogP contribution >= 0.6 is 11.6 Å². The Hall–Kier alpha value is -1.00. The normalized spacial score (nSPS) is 22.1. The van der Waals surface area contributed by atoms with Gasteiger partial charge in [0.15, 0.2) is 0 Å². The number of nitrogens with zero attached hydrogens (tertiary/aromatic N) is 3. The monoisotopic (exact) mass is 294 g/mol. The van der Waals surface area contributed by atoms with E-state index in [0.29, 0.717) is 10.7 Å². The lowest BCUT2D eigenvalue weighted by Crippen LogP contribution is -2.47. The third-order valence-corrected chi connectivity index (χ3v) is 4.79. The van der Waals surface area contributed by atoms with Gasteiger partial charge in [0, 0.05) is 19.1 Å². The van der Waals surface area contributed by atoms with Crippen molar-refractivity contribution in [1.82, 2.24) is 9.88 Å². The van der Waals surface area contributed by atoms with Gasteiger partial charge >= 0.3 is 0 Å². The lowest BCUT2D eigenvalue weighted by Gasteiger charge is -2.40. The zero-order valence-electron chi connectivity index (χ0n) is 11.9. The van der Waals surface area contributed by atoms with Crippen molar-refractivity contribution in [2.45, 2.75) is 38.1 Å². The van der Waals surface area contributed by atoms with Crippen LogP contribution in [0.1, 0.15) is 32.1 Å². The summed E-state index contributed by atoms with van der Waals surface area (Å²) >= 11 is 6.25. The smallest absolute Gasteiger partial charge is 0.147 e. The SMILES string of the molecule is Nc1cnc(N2CCC(N3CCCCC3)CC2)c(Cl)c1. The molecule has 0 saturated carbocycles. The Labute approximate surface area is 125 Å². The summed E-state index contributed by atoms with van der Waals surface area (Å²) in [6.07, 6.45) is 8.25. The largest absolute Gasteiger partial charge is 0.397 e. The molecule has 4 nitrogen and oxygen atoms in total. The number of nitrogens with two attached hydrogens (primary N) is 1. The number of pyridine rings is 1. The van der Waals surface area contributed by atoms with Crippen molar-refractivity contribution >= 4 is 23.1 Å². The van der Waals surface area contributed by atoms with Crippen molar-refractivity contribution in [3.05, 3.63) is 17.3 Å². The minimum Gasteiger partial charge on any atom is -0.397 e.